The summed E-state index contributed by atoms with van der Waals surface area (Å²) in [5.74, 6) is 3.87. The van der Waals surface area contributed by atoms with Gasteiger partial charge in [0.2, 0.25) is 0 Å². The zero-order chi connectivity index (χ0) is 23.4. The number of allylic oxidation sites excluding steroid dienone is 1. The highest BCUT2D eigenvalue weighted by Gasteiger charge is 2.59. The molecule has 9 atom stereocenters. The van der Waals surface area contributed by atoms with E-state index in [-0.39, 0.29) is 6.61 Å². The number of aliphatic hydroxyl groups is 3. The van der Waals surface area contributed by atoms with Crippen molar-refractivity contribution in [1.29, 1.82) is 0 Å². The second-order valence-corrected chi connectivity index (χ2v) is 13.5. The second kappa shape index (κ2) is 8.68. The van der Waals surface area contributed by atoms with Crippen LogP contribution in [-0.4, -0.2) is 33.1 Å². The molecule has 0 aromatic heterocycles. The van der Waals surface area contributed by atoms with E-state index in [9.17, 15) is 10.2 Å². The van der Waals surface area contributed by atoms with Crippen molar-refractivity contribution >= 4 is 0 Å². The van der Waals surface area contributed by atoms with Crippen molar-refractivity contribution in [3.63, 3.8) is 0 Å². The van der Waals surface area contributed by atoms with Gasteiger partial charge in [-0.2, -0.15) is 0 Å². The van der Waals surface area contributed by atoms with E-state index in [0.717, 1.165) is 55.8 Å². The molecule has 0 heterocycles. The first-order chi connectivity index (χ1) is 14.9. The molecule has 184 valence electrons. The SMILES string of the molecule is CC(CCC(C)(O)CCCO)C1CCC2C3CC=C4CC(C)(O)CCC4(C)C3CCC12C. The Bertz CT molecular complexity index is 709. The molecule has 3 fully saturated rings. The van der Waals surface area contributed by atoms with Gasteiger partial charge in [0.05, 0.1) is 11.2 Å². The highest BCUT2D eigenvalue weighted by molar-refractivity contribution is 5.26. The molecule has 0 amide bonds. The monoisotopic (exact) mass is 446 g/mol. The summed E-state index contributed by atoms with van der Waals surface area (Å²) >= 11 is 0. The molecular formula is C29H50O3. The quantitative estimate of drug-likeness (QED) is 0.405. The van der Waals surface area contributed by atoms with Crippen molar-refractivity contribution in [2.75, 3.05) is 6.61 Å². The van der Waals surface area contributed by atoms with E-state index < -0.39 is 11.2 Å². The average molecular weight is 447 g/mol. The van der Waals surface area contributed by atoms with Crippen molar-refractivity contribution in [2.24, 2.45) is 40.4 Å². The van der Waals surface area contributed by atoms with Crippen LogP contribution in [0.25, 0.3) is 0 Å². The summed E-state index contributed by atoms with van der Waals surface area (Å²) in [6, 6.07) is 0. The maximum atomic E-state index is 10.7. The van der Waals surface area contributed by atoms with Gasteiger partial charge >= 0.3 is 0 Å². The van der Waals surface area contributed by atoms with Gasteiger partial charge in [-0.05, 0) is 131 Å². The predicted molar refractivity (Wildman–Crippen MR) is 131 cm³/mol. The number of rotatable bonds is 7. The summed E-state index contributed by atoms with van der Waals surface area (Å²) in [5, 5.41) is 30.5. The third-order valence-corrected chi connectivity index (χ3v) is 11.2. The third kappa shape index (κ3) is 4.36. The highest BCUT2D eigenvalue weighted by atomic mass is 16.3. The van der Waals surface area contributed by atoms with E-state index in [1.807, 2.05) is 13.8 Å². The summed E-state index contributed by atoms with van der Waals surface area (Å²) in [7, 11) is 0. The van der Waals surface area contributed by atoms with Crippen LogP contribution in [0.1, 0.15) is 112 Å². The molecule has 3 heteroatoms. The molecule has 4 aliphatic rings. The molecule has 3 N–H and O–H groups in total. The number of hydrogen-bond donors (Lipinski definition) is 3. The zero-order valence-electron chi connectivity index (χ0n) is 21.5. The first kappa shape index (κ1) is 24.7. The lowest BCUT2D eigenvalue weighted by Crippen LogP contribution is -2.52. The maximum absolute atomic E-state index is 10.7. The largest absolute Gasteiger partial charge is 0.396 e. The average Bonchev–Trinajstić information content (AvgIpc) is 3.08. The van der Waals surface area contributed by atoms with Crippen molar-refractivity contribution in [2.45, 2.75) is 123 Å². The molecule has 4 aliphatic carbocycles. The Morgan fingerprint density at radius 2 is 1.81 bits per heavy atom. The molecule has 0 bridgehead atoms. The second-order valence-electron chi connectivity index (χ2n) is 13.5. The Labute approximate surface area is 197 Å². The lowest BCUT2D eigenvalue weighted by Gasteiger charge is -2.59. The molecule has 3 saturated carbocycles. The highest BCUT2D eigenvalue weighted by Crippen LogP contribution is 2.67. The fourth-order valence-electron chi connectivity index (χ4n) is 9.10. The first-order valence-corrected chi connectivity index (χ1v) is 13.7. The Morgan fingerprint density at radius 1 is 1.06 bits per heavy atom. The van der Waals surface area contributed by atoms with Gasteiger partial charge in [-0.15, -0.1) is 0 Å². The molecule has 32 heavy (non-hydrogen) atoms. The lowest BCUT2D eigenvalue weighted by molar-refractivity contribution is -0.0716. The standard InChI is InChI=1S/C29H50O3/c1-20(11-14-26(2,31)13-6-18-30)23-9-10-24-22-8-7-21-19-27(3,32)16-17-28(21,4)25(22)12-15-29(23,24)5/h7,20,22-25,30-32H,6,8-19H2,1-5H3. The van der Waals surface area contributed by atoms with Crippen LogP contribution in [0.15, 0.2) is 11.6 Å². The zero-order valence-corrected chi connectivity index (χ0v) is 21.5. The Morgan fingerprint density at radius 3 is 2.53 bits per heavy atom. The Hall–Kier alpha value is -0.380. The van der Waals surface area contributed by atoms with E-state index in [1.54, 1.807) is 5.57 Å². The van der Waals surface area contributed by atoms with E-state index in [2.05, 4.69) is 26.8 Å². The molecule has 3 nitrogen and oxygen atoms in total. The molecule has 0 spiro atoms. The summed E-state index contributed by atoms with van der Waals surface area (Å²) in [6.07, 6.45) is 15.5. The van der Waals surface area contributed by atoms with Crippen LogP contribution in [0.4, 0.5) is 0 Å². The molecule has 4 rings (SSSR count). The fraction of sp³-hybridized carbons (Fsp3) is 0.931. The number of hydrogen-bond acceptors (Lipinski definition) is 3. The van der Waals surface area contributed by atoms with E-state index in [4.69, 9.17) is 5.11 Å². The van der Waals surface area contributed by atoms with Gasteiger partial charge in [0.15, 0.2) is 0 Å². The maximum Gasteiger partial charge on any atom is 0.0657 e. The van der Waals surface area contributed by atoms with Crippen LogP contribution in [0.2, 0.25) is 0 Å². The van der Waals surface area contributed by atoms with Crippen LogP contribution in [-0.2, 0) is 0 Å². The van der Waals surface area contributed by atoms with Crippen LogP contribution in [0.5, 0.6) is 0 Å². The Kier molecular flexibility index (Phi) is 6.71. The van der Waals surface area contributed by atoms with Crippen LogP contribution in [0, 0.1) is 40.4 Å². The summed E-state index contributed by atoms with van der Waals surface area (Å²) in [4.78, 5) is 0. The van der Waals surface area contributed by atoms with Crippen LogP contribution in [0.3, 0.4) is 0 Å². The molecule has 0 aromatic carbocycles. The molecule has 0 saturated heterocycles. The van der Waals surface area contributed by atoms with Gasteiger partial charge in [0.25, 0.3) is 0 Å². The summed E-state index contributed by atoms with van der Waals surface area (Å²) in [6.45, 7) is 11.7. The molecular weight excluding hydrogens is 396 g/mol. The molecule has 0 aromatic rings. The minimum atomic E-state index is -0.644. The minimum Gasteiger partial charge on any atom is -0.396 e. The normalized spacial score (nSPS) is 46.4. The van der Waals surface area contributed by atoms with Crippen LogP contribution < -0.4 is 0 Å². The number of fused-ring (bicyclic) bond motifs is 5. The van der Waals surface area contributed by atoms with Crippen LogP contribution >= 0.6 is 0 Å². The molecule has 0 aliphatic heterocycles. The third-order valence-electron chi connectivity index (χ3n) is 11.2. The minimum absolute atomic E-state index is 0.170. The van der Waals surface area contributed by atoms with Gasteiger partial charge in [-0.25, -0.2) is 0 Å². The topological polar surface area (TPSA) is 60.7 Å². The van der Waals surface area contributed by atoms with Gasteiger partial charge in [-0.1, -0.05) is 32.4 Å². The van der Waals surface area contributed by atoms with Gasteiger partial charge in [0, 0.05) is 6.61 Å². The lowest BCUT2D eigenvalue weighted by atomic mass is 9.46. The predicted octanol–water partition coefficient (Wildman–Crippen LogP) is 6.26. The molecule has 9 unspecified atom stereocenters. The smallest absolute Gasteiger partial charge is 0.0657 e. The summed E-state index contributed by atoms with van der Waals surface area (Å²) in [5.41, 5.74) is 1.16. The van der Waals surface area contributed by atoms with Gasteiger partial charge in [0.1, 0.15) is 0 Å². The van der Waals surface area contributed by atoms with Crippen molar-refractivity contribution in [3.8, 4) is 0 Å². The molecule has 0 radical (unpaired) electrons. The fourth-order valence-corrected chi connectivity index (χ4v) is 9.10. The first-order valence-electron chi connectivity index (χ1n) is 13.7. The van der Waals surface area contributed by atoms with E-state index >= 15 is 0 Å². The van der Waals surface area contributed by atoms with E-state index in [0.29, 0.717) is 29.6 Å². The van der Waals surface area contributed by atoms with Crippen molar-refractivity contribution < 1.29 is 15.3 Å². The van der Waals surface area contributed by atoms with Crippen molar-refractivity contribution in [3.05, 3.63) is 11.6 Å². The Balaban J connectivity index is 1.45. The van der Waals surface area contributed by atoms with Gasteiger partial charge in [-0.3, -0.25) is 0 Å². The van der Waals surface area contributed by atoms with Crippen molar-refractivity contribution in [1.82, 2.24) is 0 Å². The van der Waals surface area contributed by atoms with Gasteiger partial charge < -0.3 is 15.3 Å². The summed E-state index contributed by atoms with van der Waals surface area (Å²) < 4.78 is 0. The van der Waals surface area contributed by atoms with E-state index in [1.165, 1.54) is 32.1 Å². The number of aliphatic hydroxyl groups excluding tert-OH is 1.